The molecule has 0 saturated carbocycles. The van der Waals surface area contributed by atoms with Crippen molar-refractivity contribution in [3.63, 3.8) is 0 Å². The zero-order chi connectivity index (χ0) is 16.8. The van der Waals surface area contributed by atoms with Crippen LogP contribution in [0, 0.1) is 0 Å². The molecule has 3 aliphatic heterocycles. The minimum absolute atomic E-state index is 0.258. The Labute approximate surface area is 153 Å². The summed E-state index contributed by atoms with van der Waals surface area (Å²) in [6.07, 6.45) is 5.84. The van der Waals surface area contributed by atoms with Crippen molar-refractivity contribution in [2.75, 3.05) is 33.0 Å². The zero-order valence-corrected chi connectivity index (χ0v) is 16.1. The molecule has 3 aliphatic rings. The first-order valence-corrected chi connectivity index (χ1v) is 10.3. The molecular weight excluding hydrogens is 394 g/mol. The molecular formula is C12H23Cl3O6Ti. The van der Waals surface area contributed by atoms with Gasteiger partial charge in [0.05, 0.1) is 12.0 Å². The maximum absolute atomic E-state index is 8.81. The van der Waals surface area contributed by atoms with Crippen molar-refractivity contribution in [2.24, 2.45) is 0 Å². The SMILES string of the molecule is C1CCOC1.C1CCOC1.ClC1CCOC1(Cl)Cl.[O]=[Ti]([OH])[OH]. The van der Waals surface area contributed by atoms with Crippen LogP contribution in [0.3, 0.4) is 0 Å². The number of halogens is 3. The molecule has 0 radical (unpaired) electrons. The summed E-state index contributed by atoms with van der Waals surface area (Å²) in [6.45, 7) is 4.56. The molecule has 0 aliphatic carbocycles. The first kappa shape index (κ1) is 23.2. The molecule has 1 unspecified atom stereocenters. The van der Waals surface area contributed by atoms with Crippen LogP contribution in [0.5, 0.6) is 0 Å². The van der Waals surface area contributed by atoms with Crippen LogP contribution in [0.1, 0.15) is 32.1 Å². The number of hydrogen-bond donors (Lipinski definition) is 2. The van der Waals surface area contributed by atoms with Crippen LogP contribution in [0.4, 0.5) is 0 Å². The topological polar surface area (TPSA) is 85.2 Å². The molecule has 1 atom stereocenters. The maximum atomic E-state index is 8.81. The fourth-order valence-electron chi connectivity index (χ4n) is 1.58. The Morgan fingerprint density at radius 2 is 1.27 bits per heavy atom. The predicted molar refractivity (Wildman–Crippen MR) is 79.9 cm³/mol. The summed E-state index contributed by atoms with van der Waals surface area (Å²) < 4.78 is 36.9. The molecule has 0 bridgehead atoms. The van der Waals surface area contributed by atoms with E-state index in [4.69, 9.17) is 59.7 Å². The average Bonchev–Trinajstić information content (AvgIpc) is 3.17. The van der Waals surface area contributed by atoms with Crippen LogP contribution < -0.4 is 0 Å². The second-order valence-electron chi connectivity index (χ2n) is 4.59. The standard InChI is InChI=1S/C4H5Cl3O.2C4H8O.2H2O.O.Ti/c5-3-1-2-8-4(3,6)7;2*1-2-4-5-3-1;;;;/h3H,1-2H2;2*1-4H2;2*1H2;;/q;;;;;;+2/p-2. The van der Waals surface area contributed by atoms with E-state index < -0.39 is 23.1 Å². The van der Waals surface area contributed by atoms with E-state index in [9.17, 15) is 0 Å². The molecule has 3 fully saturated rings. The van der Waals surface area contributed by atoms with Crippen LogP contribution >= 0.6 is 34.8 Å². The fourth-order valence-corrected chi connectivity index (χ4v) is 2.10. The van der Waals surface area contributed by atoms with Gasteiger partial charge in [0.2, 0.25) is 4.52 Å². The molecule has 3 heterocycles. The van der Waals surface area contributed by atoms with Crippen LogP contribution in [-0.2, 0) is 36.2 Å². The number of hydrogen-bond acceptors (Lipinski definition) is 4. The molecule has 3 saturated heterocycles. The quantitative estimate of drug-likeness (QED) is 0.465. The van der Waals surface area contributed by atoms with Gasteiger partial charge >= 0.3 is 29.3 Å². The fraction of sp³-hybridized carbons (Fsp3) is 1.00. The molecule has 0 aromatic heterocycles. The van der Waals surface area contributed by atoms with Crippen LogP contribution in [0.15, 0.2) is 0 Å². The van der Waals surface area contributed by atoms with E-state index in [0.29, 0.717) is 6.61 Å². The first-order chi connectivity index (χ1) is 10.4. The van der Waals surface area contributed by atoms with Crippen LogP contribution in [0.2, 0.25) is 0 Å². The predicted octanol–water partition coefficient (Wildman–Crippen LogP) is 2.50. The Bertz CT molecular complexity index is 259. The Morgan fingerprint density at radius 1 is 0.909 bits per heavy atom. The van der Waals surface area contributed by atoms with E-state index in [0.717, 1.165) is 32.8 Å². The summed E-state index contributed by atoms with van der Waals surface area (Å²) in [5, 5.41) is -0.258. The molecule has 10 heteroatoms. The molecule has 0 aromatic carbocycles. The molecule has 132 valence electrons. The number of ether oxygens (including phenoxy) is 3. The van der Waals surface area contributed by atoms with Gasteiger partial charge in [0.15, 0.2) is 0 Å². The summed E-state index contributed by atoms with van der Waals surface area (Å²) in [7, 11) is 0. The van der Waals surface area contributed by atoms with Gasteiger partial charge in [-0.05, 0) is 32.1 Å². The van der Waals surface area contributed by atoms with Gasteiger partial charge in [-0.15, -0.1) is 11.6 Å². The van der Waals surface area contributed by atoms with Gasteiger partial charge in [0.25, 0.3) is 0 Å². The monoisotopic (exact) mass is 416 g/mol. The summed E-state index contributed by atoms with van der Waals surface area (Å²) in [5.74, 6) is 0. The first-order valence-electron chi connectivity index (χ1n) is 7.09. The van der Waals surface area contributed by atoms with Gasteiger partial charge in [-0.2, -0.15) is 0 Å². The Hall–Kier alpha value is 1.18. The van der Waals surface area contributed by atoms with Crippen LogP contribution in [0.25, 0.3) is 0 Å². The van der Waals surface area contributed by atoms with Crippen molar-refractivity contribution >= 4 is 34.8 Å². The van der Waals surface area contributed by atoms with Gasteiger partial charge in [-0.25, -0.2) is 0 Å². The zero-order valence-electron chi connectivity index (χ0n) is 12.3. The summed E-state index contributed by atoms with van der Waals surface area (Å²) in [6, 6.07) is 0. The van der Waals surface area contributed by atoms with E-state index in [2.05, 4.69) is 0 Å². The van der Waals surface area contributed by atoms with E-state index in [1.165, 1.54) is 25.7 Å². The van der Waals surface area contributed by atoms with Crippen LogP contribution in [-0.4, -0.2) is 50.3 Å². The molecule has 0 aromatic rings. The van der Waals surface area contributed by atoms with Gasteiger partial charge < -0.3 is 14.2 Å². The van der Waals surface area contributed by atoms with Crippen molar-refractivity contribution in [3.8, 4) is 0 Å². The second-order valence-corrected chi connectivity index (χ2v) is 7.31. The van der Waals surface area contributed by atoms with Crippen molar-refractivity contribution in [1.29, 1.82) is 0 Å². The molecule has 0 amide bonds. The van der Waals surface area contributed by atoms with Crippen molar-refractivity contribution in [3.05, 3.63) is 0 Å². The third-order valence-corrected chi connectivity index (χ3v) is 4.18. The van der Waals surface area contributed by atoms with E-state index in [1.54, 1.807) is 0 Å². The van der Waals surface area contributed by atoms with E-state index in [1.807, 2.05) is 0 Å². The molecule has 22 heavy (non-hydrogen) atoms. The van der Waals surface area contributed by atoms with Gasteiger partial charge in [-0.3, -0.25) is 0 Å². The Morgan fingerprint density at radius 3 is 1.36 bits per heavy atom. The summed E-state index contributed by atoms with van der Waals surface area (Å²) in [4.78, 5) is 0. The molecule has 3 rings (SSSR count). The normalized spacial score (nSPS) is 25.0. The summed E-state index contributed by atoms with van der Waals surface area (Å²) >= 11 is 13.1. The van der Waals surface area contributed by atoms with Crippen molar-refractivity contribution in [1.82, 2.24) is 0 Å². The number of rotatable bonds is 0. The number of alkyl halides is 3. The van der Waals surface area contributed by atoms with Crippen molar-refractivity contribution in [2.45, 2.75) is 42.0 Å². The van der Waals surface area contributed by atoms with Gasteiger partial charge in [0.1, 0.15) is 0 Å². The molecule has 0 spiro atoms. The second kappa shape index (κ2) is 14.5. The minimum atomic E-state index is -3.58. The third-order valence-electron chi connectivity index (χ3n) is 2.69. The van der Waals surface area contributed by atoms with Gasteiger partial charge in [-0.1, -0.05) is 23.2 Å². The molecule has 2 N–H and O–H groups in total. The van der Waals surface area contributed by atoms with E-state index in [-0.39, 0.29) is 5.38 Å². The Kier molecular flexibility index (Phi) is 15.3. The Balaban J connectivity index is 0.000000279. The van der Waals surface area contributed by atoms with Crippen molar-refractivity contribution < 1.29 is 43.5 Å². The third kappa shape index (κ3) is 14.8. The van der Waals surface area contributed by atoms with Gasteiger partial charge in [0, 0.05) is 26.4 Å². The molecule has 6 nitrogen and oxygen atoms in total. The summed E-state index contributed by atoms with van der Waals surface area (Å²) in [5.41, 5.74) is 0. The van der Waals surface area contributed by atoms with E-state index >= 15 is 0 Å². The average molecular weight is 418 g/mol.